The predicted molar refractivity (Wildman–Crippen MR) is 125 cm³/mol. The molecule has 2 aromatic heterocycles. The third-order valence-corrected chi connectivity index (χ3v) is 6.03. The number of ketones is 1. The van der Waals surface area contributed by atoms with E-state index in [1.807, 2.05) is 31.2 Å². The summed E-state index contributed by atoms with van der Waals surface area (Å²) in [5.41, 5.74) is 2.77. The normalized spacial score (nSPS) is 16.1. The summed E-state index contributed by atoms with van der Waals surface area (Å²) in [7, 11) is 0. The Hall–Kier alpha value is -3.90. The van der Waals surface area contributed by atoms with E-state index < -0.39 is 23.5 Å². The fraction of sp³-hybridized carbons (Fsp3) is 0.115. The fourth-order valence-corrected chi connectivity index (χ4v) is 4.30. The minimum atomic E-state index is -0.836. The second-order valence-electron chi connectivity index (χ2n) is 7.76. The molecule has 1 atom stereocenters. The van der Waals surface area contributed by atoms with Crippen molar-refractivity contribution in [3.05, 3.63) is 106 Å². The van der Waals surface area contributed by atoms with E-state index in [0.29, 0.717) is 27.2 Å². The molecule has 0 saturated heterocycles. The number of aromatic nitrogens is 1. The molecule has 2 aromatic carbocycles. The number of halogens is 1. The lowest BCUT2D eigenvalue weighted by atomic mass is 9.95. The molecule has 4 aromatic rings. The van der Waals surface area contributed by atoms with Gasteiger partial charge in [-0.3, -0.25) is 19.5 Å². The van der Waals surface area contributed by atoms with E-state index in [2.05, 4.69) is 4.98 Å². The Kier molecular flexibility index (Phi) is 5.23. The highest BCUT2D eigenvalue weighted by molar-refractivity contribution is 6.31. The van der Waals surface area contributed by atoms with Crippen LogP contribution in [0.25, 0.3) is 11.0 Å². The number of furan rings is 1. The molecule has 6 nitrogen and oxygen atoms in total. The number of fused-ring (bicyclic) bond motifs is 1. The summed E-state index contributed by atoms with van der Waals surface area (Å²) in [4.78, 5) is 32.3. The van der Waals surface area contributed by atoms with Gasteiger partial charge in [0.05, 0.1) is 11.6 Å². The number of rotatable bonds is 5. The van der Waals surface area contributed by atoms with Gasteiger partial charge in [-0.1, -0.05) is 30.7 Å². The van der Waals surface area contributed by atoms with Crippen LogP contribution in [0.2, 0.25) is 5.02 Å². The Morgan fingerprint density at radius 1 is 1.09 bits per heavy atom. The number of carbonyl (C=O) groups excluding carboxylic acids is 2. The number of nitrogens with zero attached hydrogens (tertiary/aromatic N) is 2. The number of aliphatic hydroxyl groups is 1. The van der Waals surface area contributed by atoms with Gasteiger partial charge < -0.3 is 9.52 Å². The molecule has 0 saturated carbocycles. The number of carbonyl (C=O) groups is 2. The van der Waals surface area contributed by atoms with Gasteiger partial charge in [0.1, 0.15) is 5.58 Å². The van der Waals surface area contributed by atoms with Crippen molar-refractivity contribution in [2.24, 2.45) is 0 Å². The van der Waals surface area contributed by atoms with Crippen molar-refractivity contribution in [3.8, 4) is 0 Å². The van der Waals surface area contributed by atoms with Crippen molar-refractivity contribution in [1.82, 2.24) is 4.98 Å². The van der Waals surface area contributed by atoms with E-state index in [0.717, 1.165) is 12.0 Å². The number of amides is 1. The SMILES string of the molecule is CCc1ccc(N2C(=O)C(O)=C(C(=O)c3cc4cc(Cl)ccc4o3)C2c2ccncc2)cc1. The van der Waals surface area contributed by atoms with Crippen LogP contribution in [-0.2, 0) is 11.2 Å². The van der Waals surface area contributed by atoms with Gasteiger partial charge in [-0.05, 0) is 66.1 Å². The minimum Gasteiger partial charge on any atom is -0.503 e. The average Bonchev–Trinajstić information content (AvgIpc) is 3.38. The van der Waals surface area contributed by atoms with Gasteiger partial charge in [0.25, 0.3) is 5.91 Å². The standard InChI is InChI=1S/C26H19ClN2O4/c1-2-15-3-6-19(7-4-15)29-23(16-9-11-28-12-10-16)22(25(31)26(29)32)24(30)21-14-17-13-18(27)5-8-20(17)33-21/h3-14,23,31H,2H2,1H3. The van der Waals surface area contributed by atoms with Crippen LogP contribution in [0.15, 0.2) is 88.8 Å². The maximum atomic E-state index is 13.6. The Morgan fingerprint density at radius 3 is 2.52 bits per heavy atom. The summed E-state index contributed by atoms with van der Waals surface area (Å²) in [5.74, 6) is -1.80. The first kappa shape index (κ1) is 21.0. The molecular weight excluding hydrogens is 440 g/mol. The third kappa shape index (κ3) is 3.58. The van der Waals surface area contributed by atoms with Crippen LogP contribution in [-0.4, -0.2) is 21.8 Å². The summed E-state index contributed by atoms with van der Waals surface area (Å²) in [6.07, 6.45) is 4.02. The van der Waals surface area contributed by atoms with Gasteiger partial charge in [0, 0.05) is 28.5 Å². The highest BCUT2D eigenvalue weighted by atomic mass is 35.5. The number of hydrogen-bond acceptors (Lipinski definition) is 5. The van der Waals surface area contributed by atoms with E-state index >= 15 is 0 Å². The smallest absolute Gasteiger partial charge is 0.294 e. The zero-order chi connectivity index (χ0) is 23.1. The van der Waals surface area contributed by atoms with E-state index in [1.165, 1.54) is 4.90 Å². The van der Waals surface area contributed by atoms with Crippen molar-refractivity contribution in [1.29, 1.82) is 0 Å². The molecule has 1 amide bonds. The molecule has 0 aliphatic carbocycles. The molecule has 0 bridgehead atoms. The number of Topliss-reactive ketones (excluding diaryl/α,β-unsaturated/α-hetero) is 1. The first-order chi connectivity index (χ1) is 16.0. The second-order valence-corrected chi connectivity index (χ2v) is 8.20. The van der Waals surface area contributed by atoms with Crippen LogP contribution in [0.4, 0.5) is 5.69 Å². The summed E-state index contributed by atoms with van der Waals surface area (Å²) in [6.45, 7) is 2.04. The summed E-state index contributed by atoms with van der Waals surface area (Å²) in [5, 5.41) is 12.0. The number of aryl methyl sites for hydroxylation is 1. The molecule has 7 heteroatoms. The lowest BCUT2D eigenvalue weighted by Gasteiger charge is -2.26. The monoisotopic (exact) mass is 458 g/mol. The van der Waals surface area contributed by atoms with E-state index in [4.69, 9.17) is 16.0 Å². The lowest BCUT2D eigenvalue weighted by Crippen LogP contribution is -2.31. The molecule has 1 unspecified atom stereocenters. The molecular formula is C26H19ClN2O4. The first-order valence-electron chi connectivity index (χ1n) is 10.5. The number of aliphatic hydroxyl groups excluding tert-OH is 1. The quantitative estimate of drug-likeness (QED) is 0.380. The minimum absolute atomic E-state index is 0.0175. The van der Waals surface area contributed by atoms with Gasteiger partial charge >= 0.3 is 0 Å². The Bertz CT molecular complexity index is 1410. The number of pyridine rings is 1. The van der Waals surface area contributed by atoms with Gasteiger partial charge in [0.15, 0.2) is 11.5 Å². The van der Waals surface area contributed by atoms with Gasteiger partial charge in [-0.2, -0.15) is 0 Å². The molecule has 1 N–H and O–H groups in total. The van der Waals surface area contributed by atoms with E-state index in [-0.39, 0.29) is 11.3 Å². The number of anilines is 1. The van der Waals surface area contributed by atoms with Crippen LogP contribution in [0, 0.1) is 0 Å². The lowest BCUT2D eigenvalue weighted by molar-refractivity contribution is -0.117. The highest BCUT2D eigenvalue weighted by Crippen LogP contribution is 2.42. The van der Waals surface area contributed by atoms with Gasteiger partial charge in [0.2, 0.25) is 5.78 Å². The van der Waals surface area contributed by atoms with Crippen molar-refractivity contribution >= 4 is 39.9 Å². The molecule has 0 fully saturated rings. The predicted octanol–water partition coefficient (Wildman–Crippen LogP) is 5.83. The zero-order valence-corrected chi connectivity index (χ0v) is 18.4. The summed E-state index contributed by atoms with van der Waals surface area (Å²) >= 11 is 6.06. The van der Waals surface area contributed by atoms with Crippen LogP contribution in [0.1, 0.15) is 34.6 Å². The average molecular weight is 459 g/mol. The Balaban J connectivity index is 1.63. The van der Waals surface area contributed by atoms with Crippen LogP contribution >= 0.6 is 11.6 Å². The maximum Gasteiger partial charge on any atom is 0.294 e. The van der Waals surface area contributed by atoms with Crippen molar-refractivity contribution in [3.63, 3.8) is 0 Å². The first-order valence-corrected chi connectivity index (χ1v) is 10.8. The molecule has 1 aliphatic heterocycles. The van der Waals surface area contributed by atoms with Crippen LogP contribution in [0.3, 0.4) is 0 Å². The molecule has 1 aliphatic rings. The van der Waals surface area contributed by atoms with Crippen molar-refractivity contribution < 1.29 is 19.1 Å². The summed E-state index contributed by atoms with van der Waals surface area (Å²) < 4.78 is 5.74. The maximum absolute atomic E-state index is 13.6. The van der Waals surface area contributed by atoms with Gasteiger partial charge in [-0.15, -0.1) is 0 Å². The second kappa shape index (κ2) is 8.22. The zero-order valence-electron chi connectivity index (χ0n) is 17.7. The fourth-order valence-electron chi connectivity index (χ4n) is 4.12. The largest absolute Gasteiger partial charge is 0.503 e. The van der Waals surface area contributed by atoms with Crippen molar-refractivity contribution in [2.45, 2.75) is 19.4 Å². The number of hydrogen-bond donors (Lipinski definition) is 1. The molecule has 33 heavy (non-hydrogen) atoms. The van der Waals surface area contributed by atoms with E-state index in [1.54, 1.807) is 48.8 Å². The Labute approximate surface area is 194 Å². The van der Waals surface area contributed by atoms with E-state index in [9.17, 15) is 14.7 Å². The topological polar surface area (TPSA) is 83.6 Å². The van der Waals surface area contributed by atoms with Gasteiger partial charge in [-0.25, -0.2) is 0 Å². The van der Waals surface area contributed by atoms with Crippen LogP contribution in [0.5, 0.6) is 0 Å². The molecule has 0 spiro atoms. The highest BCUT2D eigenvalue weighted by Gasteiger charge is 2.45. The number of benzene rings is 2. The molecule has 5 rings (SSSR count). The Morgan fingerprint density at radius 2 is 1.82 bits per heavy atom. The third-order valence-electron chi connectivity index (χ3n) is 5.80. The molecule has 164 valence electrons. The molecule has 0 radical (unpaired) electrons. The van der Waals surface area contributed by atoms with Crippen molar-refractivity contribution in [2.75, 3.05) is 4.90 Å². The summed E-state index contributed by atoms with van der Waals surface area (Å²) in [6, 6.07) is 16.7. The van der Waals surface area contributed by atoms with Crippen LogP contribution < -0.4 is 4.90 Å². The molecule has 3 heterocycles.